The summed E-state index contributed by atoms with van der Waals surface area (Å²) in [6.07, 6.45) is 3.11. The molecule has 3 heterocycles. The molecular formula is C32H40O11. The van der Waals surface area contributed by atoms with Gasteiger partial charge in [0.25, 0.3) is 0 Å². The van der Waals surface area contributed by atoms with Crippen molar-refractivity contribution < 1.29 is 53.0 Å². The van der Waals surface area contributed by atoms with Gasteiger partial charge in [0.2, 0.25) is 12.1 Å². The van der Waals surface area contributed by atoms with Gasteiger partial charge in [0.15, 0.2) is 11.9 Å². The monoisotopic (exact) mass is 600 g/mol. The first-order valence-corrected chi connectivity index (χ1v) is 15.2. The fourth-order valence-electron chi connectivity index (χ4n) is 9.54. The minimum Gasteiger partial charge on any atom is -0.458 e. The largest absolute Gasteiger partial charge is 0.458 e. The van der Waals surface area contributed by atoms with Gasteiger partial charge in [-0.15, -0.1) is 0 Å². The van der Waals surface area contributed by atoms with Crippen molar-refractivity contribution in [3.05, 3.63) is 34.9 Å². The molecule has 11 nitrogen and oxygen atoms in total. The Morgan fingerprint density at radius 2 is 1.93 bits per heavy atom. The van der Waals surface area contributed by atoms with Gasteiger partial charge in [0.05, 0.1) is 23.2 Å². The van der Waals surface area contributed by atoms with Crippen LogP contribution in [0.1, 0.15) is 59.8 Å². The summed E-state index contributed by atoms with van der Waals surface area (Å²) in [6, 6.07) is 0. The van der Waals surface area contributed by atoms with Crippen LogP contribution in [0.15, 0.2) is 34.9 Å². The molecule has 0 unspecified atom stereocenters. The van der Waals surface area contributed by atoms with Crippen molar-refractivity contribution >= 4 is 17.7 Å². The number of Topliss-reactive ketones (excluding diaryl/α,β-unsaturated/α-hetero) is 1. The molecule has 0 spiro atoms. The summed E-state index contributed by atoms with van der Waals surface area (Å²) >= 11 is 0. The Labute approximate surface area is 250 Å². The van der Waals surface area contributed by atoms with Gasteiger partial charge in [-0.1, -0.05) is 24.6 Å². The molecule has 4 fully saturated rings. The van der Waals surface area contributed by atoms with Gasteiger partial charge < -0.3 is 38.6 Å². The molecule has 11 heteroatoms. The molecule has 2 N–H and O–H groups in total. The number of cyclic esters (lactones) is 1. The first kappa shape index (κ1) is 29.3. The average molecular weight is 601 g/mol. The van der Waals surface area contributed by atoms with E-state index >= 15 is 0 Å². The molecule has 234 valence electrons. The molecular weight excluding hydrogens is 560 g/mol. The molecule has 0 aromatic heterocycles. The van der Waals surface area contributed by atoms with Gasteiger partial charge in [-0.05, 0) is 51.0 Å². The standard InChI is InChI=1S/C32H40O11/c1-15-10-23(38-5)32(37)28(40-15)42-21-12-18-6-7-20-25(29(18,3)13-22(21)43-32)26(35)27(41-16(2)33)30(4)19(8-9-31(20,30)36)17-11-24(34)39-14-17/h8,11-12,15,20-23,25,27-28,36-37H,6-7,9-10,13-14H2,1-5H3/t15-,20-,21-,22-,23-,25-,27-,28+,29+,30+,31+,32+/m1/s1. The molecule has 4 aliphatic carbocycles. The van der Waals surface area contributed by atoms with E-state index in [0.29, 0.717) is 36.8 Å². The van der Waals surface area contributed by atoms with E-state index in [1.165, 1.54) is 20.1 Å². The zero-order valence-corrected chi connectivity index (χ0v) is 25.2. The van der Waals surface area contributed by atoms with Crippen molar-refractivity contribution in [3.8, 4) is 0 Å². The van der Waals surface area contributed by atoms with Crippen LogP contribution >= 0.6 is 0 Å². The zero-order chi connectivity index (χ0) is 30.7. The number of allylic oxidation sites excluding steroid dienone is 1. The van der Waals surface area contributed by atoms with Crippen LogP contribution in [0.5, 0.6) is 0 Å². The highest BCUT2D eigenvalue weighted by Crippen LogP contribution is 2.68. The number of ether oxygens (including phenoxy) is 6. The third-order valence-corrected chi connectivity index (χ3v) is 11.6. The highest BCUT2D eigenvalue weighted by atomic mass is 16.8. The summed E-state index contributed by atoms with van der Waals surface area (Å²) in [7, 11) is 1.51. The molecule has 2 saturated carbocycles. The molecule has 2 saturated heterocycles. The van der Waals surface area contributed by atoms with E-state index in [9.17, 15) is 24.6 Å². The van der Waals surface area contributed by atoms with Crippen LogP contribution in [0.2, 0.25) is 0 Å². The number of esters is 2. The van der Waals surface area contributed by atoms with E-state index in [2.05, 4.69) is 0 Å². The van der Waals surface area contributed by atoms with Crippen molar-refractivity contribution in [2.45, 2.75) is 108 Å². The number of ketones is 1. The quantitative estimate of drug-likeness (QED) is 0.362. The Morgan fingerprint density at radius 3 is 2.60 bits per heavy atom. The Morgan fingerprint density at radius 1 is 1.16 bits per heavy atom. The topological polar surface area (TPSA) is 147 Å². The van der Waals surface area contributed by atoms with E-state index in [4.69, 9.17) is 28.4 Å². The highest BCUT2D eigenvalue weighted by Gasteiger charge is 2.73. The van der Waals surface area contributed by atoms with Crippen LogP contribution in [0.4, 0.5) is 0 Å². The maximum absolute atomic E-state index is 14.7. The van der Waals surface area contributed by atoms with Gasteiger partial charge in [-0.3, -0.25) is 9.59 Å². The van der Waals surface area contributed by atoms with Crippen molar-refractivity contribution in [2.24, 2.45) is 22.7 Å². The van der Waals surface area contributed by atoms with E-state index in [1.807, 2.05) is 26.0 Å². The Hall–Kier alpha value is -2.41. The fraction of sp³-hybridized carbons (Fsp3) is 0.719. The van der Waals surface area contributed by atoms with Gasteiger partial charge >= 0.3 is 11.9 Å². The first-order valence-electron chi connectivity index (χ1n) is 15.2. The molecule has 0 radical (unpaired) electrons. The second-order valence-corrected chi connectivity index (χ2v) is 13.8. The Balaban J connectivity index is 1.28. The molecule has 0 bridgehead atoms. The minimum atomic E-state index is -1.83. The lowest BCUT2D eigenvalue weighted by atomic mass is 9.43. The minimum absolute atomic E-state index is 0.0330. The summed E-state index contributed by atoms with van der Waals surface area (Å²) in [4.78, 5) is 39.2. The van der Waals surface area contributed by atoms with Crippen LogP contribution < -0.4 is 0 Å². The zero-order valence-electron chi connectivity index (χ0n) is 25.2. The van der Waals surface area contributed by atoms with Crippen molar-refractivity contribution in [1.82, 2.24) is 0 Å². The molecule has 0 aromatic rings. The predicted octanol–water partition coefficient (Wildman–Crippen LogP) is 2.04. The molecule has 7 rings (SSSR count). The highest BCUT2D eigenvalue weighted by molar-refractivity contribution is 5.93. The molecule has 0 amide bonds. The van der Waals surface area contributed by atoms with Gasteiger partial charge in [0, 0.05) is 43.4 Å². The molecule has 0 aromatic carbocycles. The third-order valence-electron chi connectivity index (χ3n) is 11.6. The number of rotatable bonds is 3. The maximum atomic E-state index is 14.7. The number of aliphatic hydroxyl groups is 2. The number of carbonyl (C=O) groups excluding carboxylic acids is 3. The number of hydrogen-bond acceptors (Lipinski definition) is 11. The van der Waals surface area contributed by atoms with Crippen LogP contribution in [-0.2, 0) is 42.8 Å². The first-order chi connectivity index (χ1) is 20.3. The van der Waals surface area contributed by atoms with Crippen molar-refractivity contribution in [3.63, 3.8) is 0 Å². The summed E-state index contributed by atoms with van der Waals surface area (Å²) in [5.74, 6) is -4.37. The number of methoxy groups -OCH3 is 1. The number of hydrogen-bond donors (Lipinski definition) is 2. The molecule has 3 aliphatic heterocycles. The summed E-state index contributed by atoms with van der Waals surface area (Å²) in [5.41, 5.74) is -1.27. The SMILES string of the molecule is CO[C@@H]1C[C@@H](C)O[C@H]2O[C@@H]3C=C4CC[C@@H]5[C@H](C(=O)[C@@H](OC(C)=O)[C@]6(C)C(C7=CC(=O)OC7)=CC[C@]56O)[C@@]4(C)C[C@H]3O[C@]21O. The fourth-order valence-corrected chi connectivity index (χ4v) is 9.54. The predicted molar refractivity (Wildman–Crippen MR) is 147 cm³/mol. The lowest BCUT2D eigenvalue weighted by Crippen LogP contribution is -2.72. The second kappa shape index (κ2) is 9.55. The van der Waals surface area contributed by atoms with E-state index < -0.39 is 76.7 Å². The van der Waals surface area contributed by atoms with E-state index in [1.54, 1.807) is 6.92 Å². The Kier molecular flexibility index (Phi) is 6.51. The summed E-state index contributed by atoms with van der Waals surface area (Å²) in [5, 5.41) is 24.3. The van der Waals surface area contributed by atoms with Crippen molar-refractivity contribution in [2.75, 3.05) is 13.7 Å². The summed E-state index contributed by atoms with van der Waals surface area (Å²) < 4.78 is 35.2. The second-order valence-electron chi connectivity index (χ2n) is 13.8. The van der Waals surface area contributed by atoms with Crippen molar-refractivity contribution in [1.29, 1.82) is 0 Å². The molecule has 12 atom stereocenters. The molecule has 7 aliphatic rings. The normalized spacial score (nSPS) is 50.2. The van der Waals surface area contributed by atoms with E-state index in [0.717, 1.165) is 5.57 Å². The average Bonchev–Trinajstić information content (AvgIpc) is 3.48. The van der Waals surface area contributed by atoms with Crippen LogP contribution in [0.25, 0.3) is 0 Å². The lowest BCUT2D eigenvalue weighted by molar-refractivity contribution is -0.450. The Bertz CT molecular complexity index is 1370. The number of carbonyl (C=O) groups is 3. The molecule has 43 heavy (non-hydrogen) atoms. The smallest absolute Gasteiger partial charge is 0.331 e. The maximum Gasteiger partial charge on any atom is 0.331 e. The van der Waals surface area contributed by atoms with Gasteiger partial charge in [-0.25, -0.2) is 4.79 Å². The van der Waals surface area contributed by atoms with Crippen LogP contribution in [0.3, 0.4) is 0 Å². The third kappa shape index (κ3) is 3.85. The van der Waals surface area contributed by atoms with Crippen LogP contribution in [0, 0.1) is 22.7 Å². The lowest BCUT2D eigenvalue weighted by Gasteiger charge is -2.63. The van der Waals surface area contributed by atoms with E-state index in [-0.39, 0.29) is 24.9 Å². The van der Waals surface area contributed by atoms with Gasteiger partial charge in [-0.2, -0.15) is 0 Å². The van der Waals surface area contributed by atoms with Gasteiger partial charge in [0.1, 0.15) is 18.8 Å². The van der Waals surface area contributed by atoms with Crippen LogP contribution in [-0.4, -0.2) is 89.8 Å². The summed E-state index contributed by atoms with van der Waals surface area (Å²) in [6.45, 7) is 6.95. The number of fused-ring (bicyclic) bond motifs is 7.